The summed E-state index contributed by atoms with van der Waals surface area (Å²) >= 11 is 0. The van der Waals surface area contributed by atoms with E-state index in [-0.39, 0.29) is 5.04 Å². The first kappa shape index (κ1) is 29.6. The van der Waals surface area contributed by atoms with E-state index in [2.05, 4.69) is 86.4 Å². The van der Waals surface area contributed by atoms with E-state index in [1.54, 1.807) is 0 Å². The molecule has 0 saturated heterocycles. The first-order valence-corrected chi connectivity index (χ1v) is 16.2. The molecule has 0 saturated carbocycles. The molecule has 40 heavy (non-hydrogen) atoms. The Labute approximate surface area is 240 Å². The number of carbonyl (C=O) groups excluding carboxylic acids is 1. The van der Waals surface area contributed by atoms with Gasteiger partial charge < -0.3 is 9.16 Å². The molecule has 0 unspecified atom stereocenters. The molecule has 0 aliphatic carbocycles. The van der Waals surface area contributed by atoms with Gasteiger partial charge in [0.25, 0.3) is 8.32 Å². The van der Waals surface area contributed by atoms with Gasteiger partial charge in [-0.15, -0.1) is 0 Å². The Morgan fingerprint density at radius 2 is 1.23 bits per heavy atom. The van der Waals surface area contributed by atoms with E-state index >= 15 is 0 Å². The van der Waals surface area contributed by atoms with Crippen LogP contribution in [0.15, 0.2) is 84.9 Å². The Hall–Kier alpha value is -3.35. The molecule has 0 radical (unpaired) electrons. The van der Waals surface area contributed by atoms with Crippen molar-refractivity contribution in [2.75, 3.05) is 6.61 Å². The van der Waals surface area contributed by atoms with Gasteiger partial charge in [0.15, 0.2) is 5.69 Å². The Morgan fingerprint density at radius 1 is 0.700 bits per heavy atom. The number of aryl methyl sites for hydroxylation is 1. The number of fused-ring (bicyclic) bond motifs is 1. The first-order valence-electron chi connectivity index (χ1n) is 14.3. The fraction of sp³-hybridized carbons (Fsp3) is 0.382. The van der Waals surface area contributed by atoms with Gasteiger partial charge in [-0.2, -0.15) is 0 Å². The zero-order chi connectivity index (χ0) is 28.8. The first-order chi connectivity index (χ1) is 19.0. The van der Waals surface area contributed by atoms with E-state index in [0.29, 0.717) is 29.9 Å². The predicted octanol–water partition coefficient (Wildman–Crippen LogP) is 6.87. The fourth-order valence-corrected chi connectivity index (χ4v) is 9.86. The molecule has 5 nitrogen and oxygen atoms in total. The number of para-hydroxylation sites is 2. The van der Waals surface area contributed by atoms with Crippen molar-refractivity contribution in [3.8, 4) is 0 Å². The number of nitrogens with zero attached hydrogens (tertiary/aromatic N) is 2. The van der Waals surface area contributed by atoms with E-state index in [1.165, 1.54) is 10.4 Å². The molecule has 0 fully saturated rings. The van der Waals surface area contributed by atoms with E-state index in [0.717, 1.165) is 24.8 Å². The van der Waals surface area contributed by atoms with Gasteiger partial charge in [-0.3, -0.25) is 0 Å². The summed E-state index contributed by atoms with van der Waals surface area (Å²) in [7, 11) is -2.53. The number of carbonyl (C=O) groups is 1. The second-order valence-electron chi connectivity index (χ2n) is 12.3. The molecule has 0 bridgehead atoms. The Balaban J connectivity index is 1.47. The van der Waals surface area contributed by atoms with E-state index in [9.17, 15) is 4.79 Å². The Morgan fingerprint density at radius 3 is 1.75 bits per heavy atom. The molecular weight excluding hydrogens is 512 g/mol. The zero-order valence-electron chi connectivity index (χ0n) is 24.7. The van der Waals surface area contributed by atoms with Crippen LogP contribution in [0.4, 0.5) is 0 Å². The third kappa shape index (κ3) is 6.85. The summed E-state index contributed by atoms with van der Waals surface area (Å²) in [6, 6.07) is 29.1. The number of esters is 1. The highest BCUT2D eigenvalue weighted by Gasteiger charge is 2.49. The summed E-state index contributed by atoms with van der Waals surface area (Å²) in [4.78, 5) is 22.4. The lowest BCUT2D eigenvalue weighted by Gasteiger charge is -2.43. The lowest BCUT2D eigenvalue weighted by Crippen LogP contribution is -2.66. The molecule has 6 heteroatoms. The third-order valence-corrected chi connectivity index (χ3v) is 12.1. The van der Waals surface area contributed by atoms with Gasteiger partial charge >= 0.3 is 5.97 Å². The molecule has 1 aromatic heterocycles. The normalized spacial score (nSPS) is 12.4. The number of aromatic nitrogens is 2. The highest BCUT2D eigenvalue weighted by atomic mass is 28.4. The van der Waals surface area contributed by atoms with Crippen molar-refractivity contribution in [3.05, 3.63) is 96.3 Å². The third-order valence-electron chi connectivity index (χ3n) is 7.03. The molecule has 0 aliphatic rings. The van der Waals surface area contributed by atoms with Crippen LogP contribution in [0.25, 0.3) is 11.0 Å². The van der Waals surface area contributed by atoms with Crippen LogP contribution >= 0.6 is 0 Å². The summed E-state index contributed by atoms with van der Waals surface area (Å²) < 4.78 is 12.7. The molecule has 1 heterocycles. The van der Waals surface area contributed by atoms with Gasteiger partial charge in [0, 0.05) is 6.61 Å². The molecule has 4 rings (SSSR count). The zero-order valence-corrected chi connectivity index (χ0v) is 25.7. The fourth-order valence-electron chi connectivity index (χ4n) is 5.26. The molecule has 210 valence electrons. The highest BCUT2D eigenvalue weighted by molar-refractivity contribution is 6.99. The van der Waals surface area contributed by atoms with Crippen molar-refractivity contribution in [3.63, 3.8) is 0 Å². The maximum Gasteiger partial charge on any atom is 0.359 e. The lowest BCUT2D eigenvalue weighted by atomic mass is 10.1. The van der Waals surface area contributed by atoms with Gasteiger partial charge in [0.1, 0.15) is 5.60 Å². The highest BCUT2D eigenvalue weighted by Crippen LogP contribution is 2.36. The molecule has 0 atom stereocenters. The largest absolute Gasteiger partial charge is 0.455 e. The van der Waals surface area contributed by atoms with Crippen LogP contribution in [0.1, 0.15) is 77.0 Å². The Bertz CT molecular complexity index is 1370. The van der Waals surface area contributed by atoms with Crippen molar-refractivity contribution in [1.29, 1.82) is 0 Å². The van der Waals surface area contributed by atoms with Gasteiger partial charge in [-0.25, -0.2) is 14.8 Å². The minimum Gasteiger partial charge on any atom is -0.455 e. The monoisotopic (exact) mass is 554 g/mol. The summed E-state index contributed by atoms with van der Waals surface area (Å²) in [5, 5.41) is 2.54. The molecule has 0 amide bonds. The van der Waals surface area contributed by atoms with Crippen molar-refractivity contribution in [2.24, 2.45) is 0 Å². The topological polar surface area (TPSA) is 61.3 Å². The van der Waals surface area contributed by atoms with Crippen LogP contribution in [0.2, 0.25) is 5.04 Å². The summed E-state index contributed by atoms with van der Waals surface area (Å²) in [6.45, 7) is 13.2. The Kier molecular flexibility index (Phi) is 9.21. The van der Waals surface area contributed by atoms with Crippen LogP contribution in [0.5, 0.6) is 0 Å². The van der Waals surface area contributed by atoms with E-state index in [1.807, 2.05) is 45.0 Å². The van der Waals surface area contributed by atoms with Gasteiger partial charge in [0.05, 0.1) is 16.7 Å². The SMILES string of the molecule is CC(C)(C)OC(=O)c1nc2ccccc2nc1CCCCCO[Si](c1ccccc1)(c1ccccc1)C(C)(C)C. The summed E-state index contributed by atoms with van der Waals surface area (Å²) in [6.07, 6.45) is 3.42. The number of hydrogen-bond acceptors (Lipinski definition) is 5. The van der Waals surface area contributed by atoms with Crippen molar-refractivity contribution in [2.45, 2.75) is 77.9 Å². The van der Waals surface area contributed by atoms with Crippen LogP contribution in [-0.4, -0.2) is 36.5 Å². The van der Waals surface area contributed by atoms with E-state index in [4.69, 9.17) is 14.1 Å². The second kappa shape index (κ2) is 12.4. The standard InChI is InChI=1S/C34H42N2O3Si/c1-33(2,3)39-32(37)31-30(35-28-22-15-16-23-29(28)36-31)24-14-9-17-25-38-40(34(4,5)6,26-18-10-7-11-19-26)27-20-12-8-13-21-27/h7-8,10-13,15-16,18-23H,9,14,17,24-25H2,1-6H3. The number of benzene rings is 3. The predicted molar refractivity (Wildman–Crippen MR) is 166 cm³/mol. The van der Waals surface area contributed by atoms with Crippen LogP contribution < -0.4 is 10.4 Å². The van der Waals surface area contributed by atoms with Gasteiger partial charge in [0.2, 0.25) is 0 Å². The van der Waals surface area contributed by atoms with Crippen molar-refractivity contribution < 1.29 is 14.0 Å². The van der Waals surface area contributed by atoms with E-state index < -0.39 is 19.9 Å². The number of hydrogen-bond donors (Lipinski definition) is 0. The van der Waals surface area contributed by atoms with Crippen LogP contribution in [-0.2, 0) is 15.6 Å². The molecular formula is C34H42N2O3Si. The second-order valence-corrected chi connectivity index (χ2v) is 16.6. The minimum atomic E-state index is -2.53. The molecule has 0 spiro atoms. The smallest absolute Gasteiger partial charge is 0.359 e. The van der Waals surface area contributed by atoms with Crippen molar-refractivity contribution >= 4 is 35.7 Å². The maximum atomic E-state index is 13.0. The summed E-state index contributed by atoms with van der Waals surface area (Å²) in [5.74, 6) is -0.421. The summed E-state index contributed by atoms with van der Waals surface area (Å²) in [5.41, 5.74) is 1.91. The minimum absolute atomic E-state index is 0.0429. The maximum absolute atomic E-state index is 13.0. The number of ether oxygens (including phenoxy) is 1. The van der Waals surface area contributed by atoms with Gasteiger partial charge in [-0.1, -0.05) is 100.0 Å². The van der Waals surface area contributed by atoms with Gasteiger partial charge in [-0.05, 0) is 67.6 Å². The van der Waals surface area contributed by atoms with Crippen LogP contribution in [0.3, 0.4) is 0 Å². The average molecular weight is 555 g/mol. The molecule has 3 aromatic carbocycles. The molecule has 4 aromatic rings. The number of unbranched alkanes of at least 4 members (excludes halogenated alkanes) is 2. The lowest BCUT2D eigenvalue weighted by molar-refractivity contribution is 0.00613. The van der Waals surface area contributed by atoms with Crippen LogP contribution in [0, 0.1) is 0 Å². The number of rotatable bonds is 10. The molecule has 0 N–H and O–H groups in total. The van der Waals surface area contributed by atoms with Crippen molar-refractivity contribution in [1.82, 2.24) is 9.97 Å². The quantitative estimate of drug-likeness (QED) is 0.122. The molecule has 0 aliphatic heterocycles. The average Bonchev–Trinajstić information content (AvgIpc) is 2.91.